The summed E-state index contributed by atoms with van der Waals surface area (Å²) in [5.74, 6) is -0.786. The maximum atomic E-state index is 12.6. The first-order chi connectivity index (χ1) is 12.8. The van der Waals surface area contributed by atoms with E-state index in [-0.39, 0.29) is 11.7 Å². The van der Waals surface area contributed by atoms with Crippen LogP contribution in [0, 0.1) is 6.92 Å². The van der Waals surface area contributed by atoms with E-state index >= 15 is 0 Å². The first kappa shape index (κ1) is 18.9. The molecule has 0 spiro atoms. The second-order valence-electron chi connectivity index (χ2n) is 6.49. The molecule has 0 atom stereocenters. The lowest BCUT2D eigenvalue weighted by atomic mass is 10.1. The van der Waals surface area contributed by atoms with Crippen LogP contribution in [0.5, 0.6) is 0 Å². The number of primary amides is 1. The van der Waals surface area contributed by atoms with Crippen molar-refractivity contribution in [3.63, 3.8) is 0 Å². The van der Waals surface area contributed by atoms with Crippen molar-refractivity contribution in [1.82, 2.24) is 0 Å². The number of nitrogens with zero attached hydrogens (tertiary/aromatic N) is 1. The van der Waals surface area contributed by atoms with Crippen LogP contribution in [0.1, 0.15) is 39.1 Å². The third-order valence-corrected chi connectivity index (χ3v) is 6.37. The number of hydrogen-bond acceptors (Lipinski definition) is 4. The van der Waals surface area contributed by atoms with Crippen LogP contribution in [-0.4, -0.2) is 32.5 Å². The third-order valence-electron chi connectivity index (χ3n) is 4.52. The molecule has 0 unspecified atom stereocenters. The maximum absolute atomic E-state index is 12.6. The molecule has 7 nitrogen and oxygen atoms in total. The van der Waals surface area contributed by atoms with Crippen molar-refractivity contribution in [2.24, 2.45) is 5.73 Å². The molecule has 1 aliphatic rings. The van der Waals surface area contributed by atoms with Crippen LogP contribution in [0.4, 0.5) is 11.4 Å². The van der Waals surface area contributed by atoms with Gasteiger partial charge in [0.05, 0.1) is 11.4 Å². The molecular weight excluding hydrogens is 366 g/mol. The van der Waals surface area contributed by atoms with E-state index < -0.39 is 15.9 Å². The summed E-state index contributed by atoms with van der Waals surface area (Å²) in [6.07, 6.45) is 1.45. The van der Waals surface area contributed by atoms with Crippen molar-refractivity contribution < 1.29 is 18.0 Å². The van der Waals surface area contributed by atoms with E-state index in [9.17, 15) is 18.0 Å². The first-order valence-corrected chi connectivity index (χ1v) is 10.2. The summed E-state index contributed by atoms with van der Waals surface area (Å²) >= 11 is 0. The molecule has 0 saturated carbocycles. The highest BCUT2D eigenvalue weighted by molar-refractivity contribution is 7.92. The number of aryl methyl sites for hydroxylation is 1. The molecule has 2 amide bonds. The summed E-state index contributed by atoms with van der Waals surface area (Å²) in [6.45, 7) is 2.24. The summed E-state index contributed by atoms with van der Waals surface area (Å²) in [6, 6.07) is 11.2. The predicted octanol–water partition coefficient (Wildman–Crippen LogP) is 2.28. The van der Waals surface area contributed by atoms with Gasteiger partial charge in [0.25, 0.3) is 5.91 Å². The Morgan fingerprint density at radius 2 is 1.70 bits per heavy atom. The Bertz CT molecular complexity index is 985. The van der Waals surface area contributed by atoms with Gasteiger partial charge in [-0.25, -0.2) is 8.42 Å². The average Bonchev–Trinajstić information content (AvgIpc) is 2.62. The minimum absolute atomic E-state index is 0.120. The summed E-state index contributed by atoms with van der Waals surface area (Å²) < 4.78 is 26.2. The van der Waals surface area contributed by atoms with Crippen LogP contribution in [0.3, 0.4) is 0 Å². The number of rotatable bonds is 4. The van der Waals surface area contributed by atoms with E-state index in [1.807, 2.05) is 6.92 Å². The number of sulfonamides is 1. The van der Waals surface area contributed by atoms with Crippen LogP contribution in [0.25, 0.3) is 0 Å². The highest BCUT2D eigenvalue weighted by Crippen LogP contribution is 2.28. The van der Waals surface area contributed by atoms with Gasteiger partial charge >= 0.3 is 0 Å². The second kappa shape index (κ2) is 7.40. The third kappa shape index (κ3) is 4.11. The Morgan fingerprint density at radius 3 is 2.33 bits per heavy atom. The molecule has 1 saturated heterocycles. The van der Waals surface area contributed by atoms with Crippen molar-refractivity contribution in [3.05, 3.63) is 59.2 Å². The number of anilines is 2. The molecule has 3 N–H and O–H groups in total. The van der Waals surface area contributed by atoms with Gasteiger partial charge in [0.15, 0.2) is 0 Å². The minimum Gasteiger partial charge on any atom is -0.366 e. The fraction of sp³-hybridized carbons (Fsp3) is 0.263. The molecule has 2 aromatic rings. The van der Waals surface area contributed by atoms with Crippen LogP contribution in [0.2, 0.25) is 0 Å². The molecule has 0 radical (unpaired) electrons. The van der Waals surface area contributed by atoms with Crippen LogP contribution in [0.15, 0.2) is 42.5 Å². The second-order valence-corrected chi connectivity index (χ2v) is 8.51. The number of amides is 2. The standard InChI is InChI=1S/C19H21N3O4S/c1-13-4-5-15(12-17(13)22-10-2-3-11-27(22,25)26)19(24)21-16-8-6-14(7-9-16)18(20)23/h4-9,12H,2-3,10-11H2,1H3,(H2,20,23)(H,21,24). The normalized spacial score (nSPS) is 16.0. The van der Waals surface area contributed by atoms with Crippen LogP contribution < -0.4 is 15.4 Å². The molecule has 1 fully saturated rings. The highest BCUT2D eigenvalue weighted by Gasteiger charge is 2.27. The van der Waals surface area contributed by atoms with Gasteiger partial charge in [-0.1, -0.05) is 6.07 Å². The van der Waals surface area contributed by atoms with Gasteiger partial charge in [0, 0.05) is 23.4 Å². The van der Waals surface area contributed by atoms with Crippen molar-refractivity contribution in [2.75, 3.05) is 21.9 Å². The zero-order valence-corrected chi connectivity index (χ0v) is 15.8. The summed E-state index contributed by atoms with van der Waals surface area (Å²) in [4.78, 5) is 23.7. The molecule has 1 aliphatic heterocycles. The number of carbonyl (C=O) groups is 2. The number of hydrogen-bond donors (Lipinski definition) is 2. The maximum Gasteiger partial charge on any atom is 0.255 e. The minimum atomic E-state index is -3.36. The number of nitrogens with two attached hydrogens (primary N) is 1. The van der Waals surface area contributed by atoms with Gasteiger partial charge in [-0.3, -0.25) is 13.9 Å². The molecular formula is C19H21N3O4S. The number of carbonyl (C=O) groups excluding carboxylic acids is 2. The first-order valence-electron chi connectivity index (χ1n) is 8.60. The number of nitrogens with one attached hydrogen (secondary N) is 1. The molecule has 0 aliphatic carbocycles. The van der Waals surface area contributed by atoms with Crippen molar-refractivity contribution >= 4 is 33.2 Å². The van der Waals surface area contributed by atoms with Gasteiger partial charge < -0.3 is 11.1 Å². The predicted molar refractivity (Wildman–Crippen MR) is 104 cm³/mol. The molecule has 27 heavy (non-hydrogen) atoms. The lowest BCUT2D eigenvalue weighted by Crippen LogP contribution is -2.38. The van der Waals surface area contributed by atoms with Crippen molar-refractivity contribution in [3.8, 4) is 0 Å². The lowest BCUT2D eigenvalue weighted by molar-refractivity contribution is 0.0998. The Balaban J connectivity index is 1.84. The Kier molecular flexibility index (Phi) is 5.18. The highest BCUT2D eigenvalue weighted by atomic mass is 32.2. The number of benzene rings is 2. The monoisotopic (exact) mass is 387 g/mol. The molecule has 3 rings (SSSR count). The van der Waals surface area contributed by atoms with Gasteiger partial charge in [0.1, 0.15) is 0 Å². The molecule has 1 heterocycles. The van der Waals surface area contributed by atoms with Crippen molar-refractivity contribution in [1.29, 1.82) is 0 Å². The molecule has 0 aromatic heterocycles. The zero-order valence-electron chi connectivity index (χ0n) is 14.9. The van der Waals surface area contributed by atoms with Gasteiger partial charge in [-0.05, 0) is 61.7 Å². The molecule has 2 aromatic carbocycles. The van der Waals surface area contributed by atoms with Gasteiger partial charge in [-0.15, -0.1) is 0 Å². The van der Waals surface area contributed by atoms with Gasteiger partial charge in [0.2, 0.25) is 15.9 Å². The van der Waals surface area contributed by atoms with Gasteiger partial charge in [-0.2, -0.15) is 0 Å². The smallest absolute Gasteiger partial charge is 0.255 e. The Hall–Kier alpha value is -2.87. The van der Waals surface area contributed by atoms with E-state index in [0.717, 1.165) is 12.0 Å². The Labute approximate surface area is 158 Å². The van der Waals surface area contributed by atoms with Crippen molar-refractivity contribution in [2.45, 2.75) is 19.8 Å². The largest absolute Gasteiger partial charge is 0.366 e. The quantitative estimate of drug-likeness (QED) is 0.838. The summed E-state index contributed by atoms with van der Waals surface area (Å²) in [7, 11) is -3.36. The van der Waals surface area contributed by atoms with E-state index in [1.165, 1.54) is 16.4 Å². The fourth-order valence-electron chi connectivity index (χ4n) is 3.00. The van der Waals surface area contributed by atoms with E-state index in [2.05, 4.69) is 5.32 Å². The van der Waals surface area contributed by atoms with Crippen LogP contribution in [-0.2, 0) is 10.0 Å². The topological polar surface area (TPSA) is 110 Å². The molecule has 8 heteroatoms. The van der Waals surface area contributed by atoms with Crippen LogP contribution >= 0.6 is 0 Å². The van der Waals surface area contributed by atoms with E-state index in [1.54, 1.807) is 30.3 Å². The SMILES string of the molecule is Cc1ccc(C(=O)Nc2ccc(C(N)=O)cc2)cc1N1CCCCS1(=O)=O. The average molecular weight is 387 g/mol. The Morgan fingerprint density at radius 1 is 1.04 bits per heavy atom. The summed E-state index contributed by atoms with van der Waals surface area (Å²) in [5.41, 5.74) is 7.74. The van der Waals surface area contributed by atoms with E-state index in [4.69, 9.17) is 5.73 Å². The van der Waals surface area contributed by atoms with E-state index in [0.29, 0.717) is 35.5 Å². The molecule has 142 valence electrons. The summed E-state index contributed by atoms with van der Waals surface area (Å²) in [5, 5.41) is 2.74. The fourth-order valence-corrected chi connectivity index (χ4v) is 4.69. The zero-order chi connectivity index (χ0) is 19.6. The molecule has 0 bridgehead atoms. The lowest BCUT2D eigenvalue weighted by Gasteiger charge is -2.29.